The molecule has 0 bridgehead atoms. The number of aromatic nitrogens is 2. The number of anilines is 1. The Hall–Kier alpha value is -2.15. The van der Waals surface area contributed by atoms with Crippen LogP contribution in [0, 0.1) is 12.8 Å². The Morgan fingerprint density at radius 1 is 1.21 bits per heavy atom. The molecule has 2 aromatic rings. The first-order valence-electron chi connectivity index (χ1n) is 10.3. The fourth-order valence-electron chi connectivity index (χ4n) is 4.64. The molecule has 1 aliphatic heterocycles. The third-order valence-electron chi connectivity index (χ3n) is 7.13. The third kappa shape index (κ3) is 2.79. The van der Waals surface area contributed by atoms with Crippen LogP contribution >= 0.6 is 0 Å². The van der Waals surface area contributed by atoms with E-state index in [0.29, 0.717) is 23.0 Å². The number of carbonyl (C=O) groups excluding carboxylic acids is 1. The summed E-state index contributed by atoms with van der Waals surface area (Å²) < 4.78 is 11.4. The highest BCUT2D eigenvalue weighted by atomic mass is 16.5. The Morgan fingerprint density at radius 2 is 1.93 bits per heavy atom. The summed E-state index contributed by atoms with van der Waals surface area (Å²) in [6.45, 7) is 5.64. The molecule has 0 atom stereocenters. The molecule has 0 aromatic carbocycles. The molecule has 1 N–H and O–H groups in total. The second kappa shape index (κ2) is 6.17. The molecule has 3 aliphatic rings. The van der Waals surface area contributed by atoms with Crippen LogP contribution in [0.1, 0.15) is 61.6 Å². The summed E-state index contributed by atoms with van der Waals surface area (Å²) in [5, 5.41) is 4.10. The van der Waals surface area contributed by atoms with Gasteiger partial charge in [-0.25, -0.2) is 9.97 Å². The van der Waals surface area contributed by atoms with Gasteiger partial charge in [0.15, 0.2) is 0 Å². The van der Waals surface area contributed by atoms with E-state index in [9.17, 15) is 4.79 Å². The van der Waals surface area contributed by atoms with Crippen molar-refractivity contribution in [2.75, 3.05) is 25.2 Å². The Morgan fingerprint density at radius 3 is 2.57 bits per heavy atom. The topological polar surface area (TPSA) is 80.5 Å². The van der Waals surface area contributed by atoms with Gasteiger partial charge in [-0.2, -0.15) is 0 Å². The molecule has 7 heteroatoms. The maximum atomic E-state index is 13.4. The van der Waals surface area contributed by atoms with E-state index in [1.807, 2.05) is 14.0 Å². The molecule has 5 rings (SSSR count). The van der Waals surface area contributed by atoms with Crippen LogP contribution in [-0.2, 0) is 4.74 Å². The van der Waals surface area contributed by atoms with E-state index in [1.165, 1.54) is 6.33 Å². The predicted octanol–water partition coefficient (Wildman–Crippen LogP) is 3.21. The molecule has 7 nitrogen and oxygen atoms in total. The van der Waals surface area contributed by atoms with Crippen molar-refractivity contribution in [2.24, 2.45) is 5.92 Å². The number of hydrogen-bond acceptors (Lipinski definition) is 6. The van der Waals surface area contributed by atoms with Gasteiger partial charge in [0.25, 0.3) is 5.91 Å². The second-order valence-electron chi connectivity index (χ2n) is 8.96. The molecular formula is C21H28N4O3. The van der Waals surface area contributed by atoms with E-state index < -0.39 is 0 Å². The predicted molar refractivity (Wildman–Crippen MR) is 106 cm³/mol. The second-order valence-corrected chi connectivity index (χ2v) is 8.96. The SMILES string of the molecule is Cc1oc2ncnc(N(C)C3(C)CC3)c2c1C(=O)NC1(C2CCOCC2)CC1. The molecule has 3 fully saturated rings. The van der Waals surface area contributed by atoms with Gasteiger partial charge >= 0.3 is 0 Å². The number of nitrogens with one attached hydrogen (secondary N) is 1. The summed E-state index contributed by atoms with van der Waals surface area (Å²) in [7, 11) is 2.04. The molecule has 2 saturated carbocycles. The molecule has 0 unspecified atom stereocenters. The van der Waals surface area contributed by atoms with Gasteiger partial charge in [0.1, 0.15) is 17.9 Å². The fourth-order valence-corrected chi connectivity index (χ4v) is 4.64. The number of rotatable bonds is 5. The Kier molecular flexibility index (Phi) is 3.95. The molecule has 2 aliphatic carbocycles. The quantitative estimate of drug-likeness (QED) is 0.853. The highest BCUT2D eigenvalue weighted by molar-refractivity contribution is 6.10. The summed E-state index contributed by atoms with van der Waals surface area (Å²) >= 11 is 0. The zero-order valence-electron chi connectivity index (χ0n) is 16.9. The van der Waals surface area contributed by atoms with Crippen molar-refractivity contribution in [1.82, 2.24) is 15.3 Å². The largest absolute Gasteiger partial charge is 0.442 e. The summed E-state index contributed by atoms with van der Waals surface area (Å²) in [5.74, 6) is 1.81. The lowest BCUT2D eigenvalue weighted by atomic mass is 9.89. The zero-order chi connectivity index (χ0) is 19.5. The van der Waals surface area contributed by atoms with Gasteiger partial charge in [0, 0.05) is 31.3 Å². The van der Waals surface area contributed by atoms with Gasteiger partial charge < -0.3 is 19.4 Å². The third-order valence-corrected chi connectivity index (χ3v) is 7.13. The minimum Gasteiger partial charge on any atom is -0.442 e. The number of carbonyl (C=O) groups is 1. The summed E-state index contributed by atoms with van der Waals surface area (Å²) in [5.41, 5.74) is 1.08. The van der Waals surface area contributed by atoms with Crippen molar-refractivity contribution in [1.29, 1.82) is 0 Å². The first-order chi connectivity index (χ1) is 13.4. The first-order valence-corrected chi connectivity index (χ1v) is 10.3. The number of fused-ring (bicyclic) bond motifs is 1. The van der Waals surface area contributed by atoms with Gasteiger partial charge in [0.05, 0.1) is 10.9 Å². The highest BCUT2D eigenvalue weighted by Crippen LogP contribution is 2.47. The monoisotopic (exact) mass is 384 g/mol. The van der Waals surface area contributed by atoms with Crippen molar-refractivity contribution < 1.29 is 13.9 Å². The minimum absolute atomic E-state index is 0.0642. The van der Waals surface area contributed by atoms with Crippen LogP contribution in [0.25, 0.3) is 11.1 Å². The normalized spacial score (nSPS) is 22.8. The van der Waals surface area contributed by atoms with Gasteiger partial charge in [-0.1, -0.05) is 0 Å². The van der Waals surface area contributed by atoms with Crippen molar-refractivity contribution in [3.05, 3.63) is 17.7 Å². The molecule has 28 heavy (non-hydrogen) atoms. The van der Waals surface area contributed by atoms with Gasteiger partial charge in [-0.05, 0) is 58.3 Å². The van der Waals surface area contributed by atoms with Crippen molar-refractivity contribution in [3.63, 3.8) is 0 Å². The van der Waals surface area contributed by atoms with Crippen LogP contribution < -0.4 is 10.2 Å². The van der Waals surface area contributed by atoms with E-state index in [4.69, 9.17) is 9.15 Å². The van der Waals surface area contributed by atoms with Crippen LogP contribution in [0.5, 0.6) is 0 Å². The van der Waals surface area contributed by atoms with Crippen LogP contribution in [0.2, 0.25) is 0 Å². The van der Waals surface area contributed by atoms with E-state index in [1.54, 1.807) is 0 Å². The number of ether oxygens (including phenoxy) is 1. The van der Waals surface area contributed by atoms with Crippen molar-refractivity contribution in [3.8, 4) is 0 Å². The van der Waals surface area contributed by atoms with Crippen LogP contribution in [0.4, 0.5) is 5.82 Å². The van der Waals surface area contributed by atoms with Crippen LogP contribution in [0.3, 0.4) is 0 Å². The lowest BCUT2D eigenvalue weighted by Crippen LogP contribution is -2.44. The van der Waals surface area contributed by atoms with Gasteiger partial charge in [-0.3, -0.25) is 4.79 Å². The average Bonchev–Trinajstić information content (AvgIpc) is 3.60. The number of aryl methyl sites for hydroxylation is 1. The van der Waals surface area contributed by atoms with Crippen molar-refractivity contribution in [2.45, 2.75) is 63.5 Å². The lowest BCUT2D eigenvalue weighted by molar-refractivity contribution is 0.0475. The van der Waals surface area contributed by atoms with E-state index in [0.717, 1.165) is 62.9 Å². The summed E-state index contributed by atoms with van der Waals surface area (Å²) in [6.07, 6.45) is 7.89. The van der Waals surface area contributed by atoms with E-state index in [-0.39, 0.29) is 17.0 Å². The maximum Gasteiger partial charge on any atom is 0.256 e. The number of nitrogens with zero attached hydrogens (tertiary/aromatic N) is 3. The molecule has 1 saturated heterocycles. The Balaban J connectivity index is 1.50. The molecular weight excluding hydrogens is 356 g/mol. The first kappa shape index (κ1) is 17.9. The van der Waals surface area contributed by atoms with Gasteiger partial charge in [0.2, 0.25) is 5.71 Å². The fraction of sp³-hybridized carbons (Fsp3) is 0.667. The molecule has 1 amide bonds. The van der Waals surface area contributed by atoms with E-state index >= 15 is 0 Å². The summed E-state index contributed by atoms with van der Waals surface area (Å²) in [6, 6.07) is 0. The van der Waals surface area contributed by atoms with E-state index in [2.05, 4.69) is 27.1 Å². The highest BCUT2D eigenvalue weighted by Gasteiger charge is 2.51. The van der Waals surface area contributed by atoms with Crippen LogP contribution in [-0.4, -0.2) is 47.2 Å². The molecule has 3 heterocycles. The standard InChI is InChI=1S/C21H28N4O3/c1-13-15(18(26)24-21(8-9-21)14-4-10-27-11-5-14)16-17(22-12-23-19(16)28-13)25(3)20(2)6-7-20/h12,14H,4-11H2,1-3H3,(H,24,26). The molecule has 150 valence electrons. The van der Waals surface area contributed by atoms with Gasteiger partial charge in [-0.15, -0.1) is 0 Å². The Labute approximate surface area is 164 Å². The maximum absolute atomic E-state index is 13.4. The average molecular weight is 384 g/mol. The van der Waals surface area contributed by atoms with Crippen molar-refractivity contribution >= 4 is 22.8 Å². The minimum atomic E-state index is -0.0823. The molecule has 2 aromatic heterocycles. The zero-order valence-corrected chi connectivity index (χ0v) is 16.9. The summed E-state index contributed by atoms with van der Waals surface area (Å²) in [4.78, 5) is 24.4. The number of hydrogen-bond donors (Lipinski definition) is 1. The molecule has 0 spiro atoms. The Bertz CT molecular complexity index is 923. The number of amides is 1. The smallest absolute Gasteiger partial charge is 0.256 e. The molecule has 0 radical (unpaired) electrons. The lowest BCUT2D eigenvalue weighted by Gasteiger charge is -2.31. The van der Waals surface area contributed by atoms with Crippen LogP contribution in [0.15, 0.2) is 10.7 Å². The number of furan rings is 1.